The second kappa shape index (κ2) is 7.84. The van der Waals surface area contributed by atoms with Gasteiger partial charge in [-0.15, -0.1) is 11.3 Å². The lowest BCUT2D eigenvalue weighted by Crippen LogP contribution is -2.24. The van der Waals surface area contributed by atoms with E-state index >= 15 is 0 Å². The Morgan fingerprint density at radius 1 is 1.11 bits per heavy atom. The van der Waals surface area contributed by atoms with Crippen LogP contribution in [0.15, 0.2) is 75.2 Å². The summed E-state index contributed by atoms with van der Waals surface area (Å²) in [5, 5.41) is 8.71. The highest BCUT2D eigenvalue weighted by atomic mass is 32.1. The molecule has 27 heavy (non-hydrogen) atoms. The maximum absolute atomic E-state index is 12.8. The number of furan rings is 1. The Balaban J connectivity index is 1.51. The van der Waals surface area contributed by atoms with E-state index in [1.165, 1.54) is 11.3 Å². The summed E-state index contributed by atoms with van der Waals surface area (Å²) in [4.78, 5) is 18.0. The number of amides is 1. The summed E-state index contributed by atoms with van der Waals surface area (Å²) in [6.45, 7) is 0.138. The smallest absolute Gasteiger partial charge is 0.252 e. The lowest BCUT2D eigenvalue weighted by molar-refractivity contribution is -0.115. The number of rotatable bonds is 6. The molecule has 0 saturated carbocycles. The summed E-state index contributed by atoms with van der Waals surface area (Å²) in [7, 11) is 0. The number of thiophene rings is 1. The summed E-state index contributed by atoms with van der Waals surface area (Å²) in [5.41, 5.74) is 1.28. The molecular weight excluding hydrogens is 362 g/mol. The van der Waals surface area contributed by atoms with Crippen LogP contribution in [0.4, 0.5) is 0 Å². The van der Waals surface area contributed by atoms with Gasteiger partial charge >= 0.3 is 0 Å². The van der Waals surface area contributed by atoms with E-state index in [1.54, 1.807) is 24.5 Å². The third-order valence-corrected chi connectivity index (χ3v) is 4.63. The molecule has 0 aliphatic rings. The molecule has 0 radical (unpaired) electrons. The van der Waals surface area contributed by atoms with E-state index in [0.29, 0.717) is 23.0 Å². The fourth-order valence-electron chi connectivity index (χ4n) is 2.50. The molecule has 0 aliphatic heterocycles. The second-order valence-corrected chi connectivity index (χ2v) is 6.56. The zero-order valence-electron chi connectivity index (χ0n) is 14.2. The minimum Gasteiger partial charge on any atom is -0.465 e. The summed E-state index contributed by atoms with van der Waals surface area (Å²) >= 11 is 1.53. The summed E-state index contributed by atoms with van der Waals surface area (Å²) in [5.74, 6) is 1.20. The molecule has 3 heterocycles. The average molecular weight is 377 g/mol. The Bertz CT molecular complexity index is 1040. The van der Waals surface area contributed by atoms with Crippen LogP contribution < -0.4 is 5.32 Å². The first-order chi connectivity index (χ1) is 13.3. The Morgan fingerprint density at radius 3 is 2.74 bits per heavy atom. The van der Waals surface area contributed by atoms with E-state index in [4.69, 9.17) is 8.94 Å². The van der Waals surface area contributed by atoms with Gasteiger partial charge in [0.1, 0.15) is 5.76 Å². The number of hydrogen-bond acceptors (Lipinski definition) is 6. The molecule has 1 amide bonds. The molecule has 0 saturated heterocycles. The summed E-state index contributed by atoms with van der Waals surface area (Å²) in [6.07, 6.45) is 3.27. The van der Waals surface area contributed by atoms with Gasteiger partial charge in [-0.1, -0.05) is 41.6 Å². The van der Waals surface area contributed by atoms with Crippen molar-refractivity contribution in [1.29, 1.82) is 0 Å². The first-order valence-corrected chi connectivity index (χ1v) is 9.13. The quantitative estimate of drug-likeness (QED) is 0.508. The van der Waals surface area contributed by atoms with Crippen molar-refractivity contribution in [3.63, 3.8) is 0 Å². The number of nitrogens with one attached hydrogen (secondary N) is 1. The highest BCUT2D eigenvalue weighted by Crippen LogP contribution is 2.22. The van der Waals surface area contributed by atoms with Crippen molar-refractivity contribution in [2.24, 2.45) is 0 Å². The molecule has 3 aromatic heterocycles. The van der Waals surface area contributed by atoms with Crippen LogP contribution in [0.1, 0.15) is 17.2 Å². The SMILES string of the molecule is O=C(NCc1nc(-c2cccs2)no1)/C(=C/c1ccco1)c1ccccc1. The van der Waals surface area contributed by atoms with Gasteiger partial charge in [-0.05, 0) is 35.2 Å². The number of benzene rings is 1. The van der Waals surface area contributed by atoms with Crippen LogP contribution in [0.2, 0.25) is 0 Å². The van der Waals surface area contributed by atoms with Crippen molar-refractivity contribution in [2.75, 3.05) is 0 Å². The highest BCUT2D eigenvalue weighted by molar-refractivity contribution is 7.13. The molecule has 0 bridgehead atoms. The van der Waals surface area contributed by atoms with Gasteiger partial charge in [0, 0.05) is 0 Å². The molecule has 4 rings (SSSR count). The van der Waals surface area contributed by atoms with Crippen molar-refractivity contribution in [3.05, 3.63) is 83.5 Å². The first-order valence-electron chi connectivity index (χ1n) is 8.25. The third kappa shape index (κ3) is 4.04. The second-order valence-electron chi connectivity index (χ2n) is 5.61. The maximum Gasteiger partial charge on any atom is 0.252 e. The van der Waals surface area contributed by atoms with Gasteiger partial charge in [0.15, 0.2) is 0 Å². The Kier molecular flexibility index (Phi) is 4.93. The zero-order chi connectivity index (χ0) is 18.5. The predicted octanol–water partition coefficient (Wildman–Crippen LogP) is 4.25. The van der Waals surface area contributed by atoms with Crippen molar-refractivity contribution < 1.29 is 13.7 Å². The Hall–Kier alpha value is -3.45. The van der Waals surface area contributed by atoms with Gasteiger partial charge in [-0.3, -0.25) is 4.79 Å². The minimum atomic E-state index is -0.256. The number of carbonyl (C=O) groups is 1. The van der Waals surface area contributed by atoms with Gasteiger partial charge in [0.25, 0.3) is 5.91 Å². The average Bonchev–Trinajstić information content (AvgIpc) is 3.47. The number of aromatic nitrogens is 2. The fraction of sp³-hybridized carbons (Fsp3) is 0.0500. The van der Waals surface area contributed by atoms with Crippen LogP contribution in [0, 0.1) is 0 Å². The van der Waals surface area contributed by atoms with E-state index < -0.39 is 0 Å². The van der Waals surface area contributed by atoms with Gasteiger partial charge in [-0.25, -0.2) is 0 Å². The normalized spacial score (nSPS) is 11.5. The van der Waals surface area contributed by atoms with Crippen LogP contribution in [0.3, 0.4) is 0 Å². The molecule has 6 nitrogen and oxygen atoms in total. The van der Waals surface area contributed by atoms with Crippen molar-refractivity contribution in [3.8, 4) is 10.7 Å². The monoisotopic (exact) mass is 377 g/mol. The number of carbonyl (C=O) groups excluding carboxylic acids is 1. The Labute approximate surface area is 159 Å². The maximum atomic E-state index is 12.8. The van der Waals surface area contributed by atoms with Crippen molar-refractivity contribution >= 4 is 28.9 Å². The van der Waals surface area contributed by atoms with Crippen molar-refractivity contribution in [2.45, 2.75) is 6.54 Å². The lowest BCUT2D eigenvalue weighted by Gasteiger charge is -2.07. The minimum absolute atomic E-state index is 0.138. The van der Waals surface area contributed by atoms with E-state index in [2.05, 4.69) is 15.5 Å². The molecule has 0 atom stereocenters. The summed E-state index contributed by atoms with van der Waals surface area (Å²) in [6, 6.07) is 16.8. The molecule has 7 heteroatoms. The largest absolute Gasteiger partial charge is 0.465 e. The molecule has 0 aliphatic carbocycles. The molecular formula is C20H15N3O3S. The molecule has 0 unspecified atom stereocenters. The Morgan fingerprint density at radius 2 is 2.00 bits per heavy atom. The van der Waals surface area contributed by atoms with Crippen LogP contribution in [0.25, 0.3) is 22.4 Å². The van der Waals surface area contributed by atoms with Gasteiger partial charge in [-0.2, -0.15) is 4.98 Å². The summed E-state index contributed by atoms with van der Waals surface area (Å²) < 4.78 is 10.6. The topological polar surface area (TPSA) is 81.2 Å². The van der Waals surface area contributed by atoms with Gasteiger partial charge < -0.3 is 14.3 Å². The van der Waals surface area contributed by atoms with Crippen LogP contribution >= 0.6 is 11.3 Å². The predicted molar refractivity (Wildman–Crippen MR) is 102 cm³/mol. The zero-order valence-corrected chi connectivity index (χ0v) is 15.0. The molecule has 134 valence electrons. The lowest BCUT2D eigenvalue weighted by atomic mass is 10.0. The highest BCUT2D eigenvalue weighted by Gasteiger charge is 2.15. The molecule has 0 fully saturated rings. The number of nitrogens with zero attached hydrogens (tertiary/aromatic N) is 2. The van der Waals surface area contributed by atoms with Crippen molar-refractivity contribution in [1.82, 2.24) is 15.5 Å². The van der Waals surface area contributed by atoms with Crippen LogP contribution in [0.5, 0.6) is 0 Å². The standard InChI is InChI=1S/C20H15N3O3S/c24-20(21-13-18-22-19(23-26-18)17-9-5-11-27-17)16(12-15-8-4-10-25-15)14-6-2-1-3-7-14/h1-12H,13H2,(H,21,24)/b16-12+. The van der Waals surface area contributed by atoms with E-state index in [9.17, 15) is 4.79 Å². The fourth-order valence-corrected chi connectivity index (χ4v) is 3.15. The molecule has 1 aromatic carbocycles. The van der Waals surface area contributed by atoms with Gasteiger partial charge in [0.2, 0.25) is 11.7 Å². The first kappa shape index (κ1) is 17.0. The molecule has 4 aromatic rings. The molecule has 1 N–H and O–H groups in total. The van der Waals surface area contributed by atoms with Gasteiger partial charge in [0.05, 0.1) is 23.3 Å². The van der Waals surface area contributed by atoms with Crippen LogP contribution in [-0.4, -0.2) is 16.0 Å². The molecule has 0 spiro atoms. The van der Waals surface area contributed by atoms with E-state index in [-0.39, 0.29) is 12.5 Å². The van der Waals surface area contributed by atoms with Crippen LogP contribution in [-0.2, 0) is 11.3 Å². The number of hydrogen-bond donors (Lipinski definition) is 1. The third-order valence-electron chi connectivity index (χ3n) is 3.77. The van der Waals surface area contributed by atoms with E-state index in [0.717, 1.165) is 10.4 Å². The van der Waals surface area contributed by atoms with E-state index in [1.807, 2.05) is 47.8 Å².